The molecule has 0 aromatic carbocycles. The normalized spacial score (nSPS) is 16.2. The first kappa shape index (κ1) is 9.51. The van der Waals surface area contributed by atoms with E-state index < -0.39 is 5.97 Å². The maximum Gasteiger partial charge on any atom is 0.341 e. The van der Waals surface area contributed by atoms with Gasteiger partial charge in [-0.05, 0) is 6.92 Å². The maximum atomic E-state index is 11.1. The molecular formula is C9H10O4. The van der Waals surface area contributed by atoms with Gasteiger partial charge >= 0.3 is 5.97 Å². The third-order valence-corrected chi connectivity index (χ3v) is 1.58. The van der Waals surface area contributed by atoms with Crippen LogP contribution in [-0.4, -0.2) is 23.5 Å². The highest BCUT2D eigenvalue weighted by molar-refractivity contribution is 6.01. The van der Waals surface area contributed by atoms with Gasteiger partial charge in [0.2, 0.25) is 0 Å². The molecule has 0 aromatic rings. The number of hydrogen-bond donors (Lipinski definition) is 1. The fourth-order valence-corrected chi connectivity index (χ4v) is 0.993. The smallest absolute Gasteiger partial charge is 0.341 e. The first-order valence-electron chi connectivity index (χ1n) is 3.96. The number of ether oxygens (including phenoxy) is 1. The van der Waals surface area contributed by atoms with E-state index in [1.807, 2.05) is 0 Å². The van der Waals surface area contributed by atoms with Gasteiger partial charge in [-0.25, -0.2) is 4.79 Å². The molecule has 13 heavy (non-hydrogen) atoms. The second-order valence-corrected chi connectivity index (χ2v) is 2.54. The molecule has 0 amide bonds. The molecule has 0 unspecified atom stereocenters. The Morgan fingerprint density at radius 3 is 2.92 bits per heavy atom. The summed E-state index contributed by atoms with van der Waals surface area (Å²) in [4.78, 5) is 21.9. The van der Waals surface area contributed by atoms with Crippen molar-refractivity contribution in [3.63, 3.8) is 0 Å². The van der Waals surface area contributed by atoms with Gasteiger partial charge in [-0.3, -0.25) is 4.79 Å². The van der Waals surface area contributed by atoms with Crippen LogP contribution >= 0.6 is 0 Å². The Morgan fingerprint density at radius 2 is 2.38 bits per heavy atom. The van der Waals surface area contributed by atoms with Gasteiger partial charge in [0.15, 0.2) is 5.78 Å². The Bertz CT molecular complexity index is 299. The Kier molecular flexibility index (Phi) is 2.84. The number of rotatable bonds is 2. The van der Waals surface area contributed by atoms with E-state index in [2.05, 4.69) is 4.74 Å². The van der Waals surface area contributed by atoms with E-state index in [1.54, 1.807) is 6.92 Å². The highest BCUT2D eigenvalue weighted by Gasteiger charge is 2.19. The highest BCUT2D eigenvalue weighted by atomic mass is 16.5. The average molecular weight is 182 g/mol. The third kappa shape index (κ3) is 2.18. The minimum absolute atomic E-state index is 0.0708. The topological polar surface area (TPSA) is 63.6 Å². The summed E-state index contributed by atoms with van der Waals surface area (Å²) in [6, 6.07) is 0. The number of carbonyl (C=O) groups is 2. The Balaban J connectivity index is 2.77. The minimum atomic E-state index is -0.594. The zero-order valence-corrected chi connectivity index (χ0v) is 7.24. The summed E-state index contributed by atoms with van der Waals surface area (Å²) >= 11 is 0. The molecule has 0 heterocycles. The zero-order chi connectivity index (χ0) is 9.84. The number of allylic oxidation sites excluding steroid dienone is 2. The predicted octanol–water partition coefficient (Wildman–Crippen LogP) is 0.891. The average Bonchev–Trinajstić information content (AvgIpc) is 2.04. The van der Waals surface area contributed by atoms with E-state index in [1.165, 1.54) is 6.08 Å². The molecule has 0 fully saturated rings. The molecular weight excluding hydrogens is 172 g/mol. The number of hydrogen-bond acceptors (Lipinski definition) is 4. The molecule has 1 aliphatic rings. The van der Waals surface area contributed by atoms with Crippen molar-refractivity contribution in [3.8, 4) is 0 Å². The molecule has 0 radical (unpaired) electrons. The summed E-state index contributed by atoms with van der Waals surface area (Å²) in [5, 5.41) is 9.21. The van der Waals surface area contributed by atoms with Crippen LogP contribution in [0.1, 0.15) is 13.3 Å². The summed E-state index contributed by atoms with van der Waals surface area (Å²) in [6.07, 6.45) is 2.54. The Hall–Kier alpha value is -1.58. The fraction of sp³-hybridized carbons (Fsp3) is 0.333. The number of carbonyl (C=O) groups excluding carboxylic acids is 2. The van der Waals surface area contributed by atoms with Crippen molar-refractivity contribution >= 4 is 11.8 Å². The lowest BCUT2D eigenvalue weighted by Gasteiger charge is -2.08. The lowest BCUT2D eigenvalue weighted by atomic mass is 10.0. The monoisotopic (exact) mass is 182 g/mol. The van der Waals surface area contributed by atoms with E-state index in [0.29, 0.717) is 0 Å². The van der Waals surface area contributed by atoms with Crippen LogP contribution in [0.4, 0.5) is 0 Å². The molecule has 4 nitrogen and oxygen atoms in total. The molecule has 0 spiro atoms. The minimum Gasteiger partial charge on any atom is -0.507 e. The van der Waals surface area contributed by atoms with Crippen molar-refractivity contribution < 1.29 is 19.4 Å². The summed E-state index contributed by atoms with van der Waals surface area (Å²) in [7, 11) is 0. The second-order valence-electron chi connectivity index (χ2n) is 2.54. The molecule has 1 N–H and O–H groups in total. The molecule has 0 saturated carbocycles. The zero-order valence-electron chi connectivity index (χ0n) is 7.24. The molecule has 1 aliphatic carbocycles. The van der Waals surface area contributed by atoms with Gasteiger partial charge in [0.25, 0.3) is 0 Å². The quantitative estimate of drug-likeness (QED) is 0.644. The van der Waals surface area contributed by atoms with Crippen LogP contribution in [0.3, 0.4) is 0 Å². The van der Waals surface area contributed by atoms with Crippen molar-refractivity contribution in [1.82, 2.24) is 0 Å². The van der Waals surface area contributed by atoms with Gasteiger partial charge in [0.1, 0.15) is 5.76 Å². The first-order valence-corrected chi connectivity index (χ1v) is 3.96. The number of ketones is 1. The van der Waals surface area contributed by atoms with Crippen LogP contribution in [0.25, 0.3) is 0 Å². The SMILES string of the molecule is CCOC(=O)C1=CCC(=O)C=C1O. The lowest BCUT2D eigenvalue weighted by molar-refractivity contribution is -0.138. The Labute approximate surface area is 75.5 Å². The van der Waals surface area contributed by atoms with Crippen LogP contribution in [0.5, 0.6) is 0 Å². The number of esters is 1. The van der Waals surface area contributed by atoms with Crippen LogP contribution < -0.4 is 0 Å². The van der Waals surface area contributed by atoms with Gasteiger partial charge in [-0.1, -0.05) is 6.08 Å². The van der Waals surface area contributed by atoms with Gasteiger partial charge < -0.3 is 9.84 Å². The van der Waals surface area contributed by atoms with Crippen LogP contribution in [-0.2, 0) is 14.3 Å². The summed E-state index contributed by atoms with van der Waals surface area (Å²) in [6.45, 7) is 1.92. The largest absolute Gasteiger partial charge is 0.507 e. The van der Waals surface area contributed by atoms with Crippen molar-refractivity contribution in [2.75, 3.05) is 6.61 Å². The van der Waals surface area contributed by atoms with Gasteiger partial charge in [-0.2, -0.15) is 0 Å². The van der Waals surface area contributed by atoms with E-state index >= 15 is 0 Å². The molecule has 0 atom stereocenters. The van der Waals surface area contributed by atoms with E-state index in [4.69, 9.17) is 0 Å². The lowest BCUT2D eigenvalue weighted by Crippen LogP contribution is -2.13. The summed E-state index contributed by atoms with van der Waals surface area (Å²) in [5.41, 5.74) is 0.0708. The molecule has 0 saturated heterocycles. The van der Waals surface area contributed by atoms with Gasteiger partial charge in [-0.15, -0.1) is 0 Å². The van der Waals surface area contributed by atoms with Crippen LogP contribution in [0, 0.1) is 0 Å². The summed E-state index contributed by atoms with van der Waals surface area (Å²) in [5.74, 6) is -1.12. The third-order valence-electron chi connectivity index (χ3n) is 1.58. The molecule has 4 heteroatoms. The molecule has 1 rings (SSSR count). The maximum absolute atomic E-state index is 11.1. The van der Waals surface area contributed by atoms with Gasteiger partial charge in [0, 0.05) is 12.5 Å². The highest BCUT2D eigenvalue weighted by Crippen LogP contribution is 2.15. The summed E-state index contributed by atoms with van der Waals surface area (Å²) < 4.78 is 4.67. The van der Waals surface area contributed by atoms with Crippen LogP contribution in [0.15, 0.2) is 23.5 Å². The van der Waals surface area contributed by atoms with Crippen LogP contribution in [0.2, 0.25) is 0 Å². The van der Waals surface area contributed by atoms with E-state index in [0.717, 1.165) is 6.08 Å². The van der Waals surface area contributed by atoms with Crippen molar-refractivity contribution in [3.05, 3.63) is 23.5 Å². The first-order chi connectivity index (χ1) is 6.15. The van der Waals surface area contributed by atoms with Crippen molar-refractivity contribution in [2.24, 2.45) is 0 Å². The molecule has 70 valence electrons. The predicted molar refractivity (Wildman–Crippen MR) is 45.1 cm³/mol. The fourth-order valence-electron chi connectivity index (χ4n) is 0.993. The molecule has 0 aromatic heterocycles. The molecule has 0 bridgehead atoms. The number of aliphatic hydroxyl groups excluding tert-OH is 1. The second kappa shape index (κ2) is 3.89. The van der Waals surface area contributed by atoms with Gasteiger partial charge in [0.05, 0.1) is 12.2 Å². The van der Waals surface area contributed by atoms with E-state index in [9.17, 15) is 14.7 Å². The number of aliphatic hydroxyl groups is 1. The van der Waals surface area contributed by atoms with Crippen molar-refractivity contribution in [2.45, 2.75) is 13.3 Å². The van der Waals surface area contributed by atoms with Crippen molar-refractivity contribution in [1.29, 1.82) is 0 Å². The Morgan fingerprint density at radius 1 is 1.69 bits per heavy atom. The molecule has 0 aliphatic heterocycles. The van der Waals surface area contributed by atoms with E-state index in [-0.39, 0.29) is 30.1 Å². The standard InChI is InChI=1S/C9H10O4/c1-2-13-9(12)7-4-3-6(10)5-8(7)11/h4-5,11H,2-3H2,1H3.